The van der Waals surface area contributed by atoms with E-state index in [1.54, 1.807) is 12.1 Å². The number of allylic oxidation sites excluding steroid dienone is 1. The summed E-state index contributed by atoms with van der Waals surface area (Å²) in [4.78, 5) is 11.8. The third-order valence-electron chi connectivity index (χ3n) is 4.59. The summed E-state index contributed by atoms with van der Waals surface area (Å²) in [7, 11) is 3.91. The van der Waals surface area contributed by atoms with Crippen molar-refractivity contribution in [3.8, 4) is 5.75 Å². The number of aliphatic imine (C=N–C) groups is 2. The standard InChI is InChI=1S/C22H23ClFN3OS/c1-6-28-19-12-18-15(11-17(19)24)21(14-9-7-8-10-16(14)23)26-20(13(2)27(3)4)22(25-18)29-5/h7-12H,6H2,1-5H3/b20-13-. The van der Waals surface area contributed by atoms with E-state index < -0.39 is 5.82 Å². The summed E-state index contributed by atoms with van der Waals surface area (Å²) in [5, 5.41) is 1.29. The van der Waals surface area contributed by atoms with Crippen LogP contribution in [0.3, 0.4) is 0 Å². The Morgan fingerprint density at radius 3 is 2.52 bits per heavy atom. The molecule has 0 unspecified atom stereocenters. The summed E-state index contributed by atoms with van der Waals surface area (Å²) in [6.07, 6.45) is 1.95. The van der Waals surface area contributed by atoms with Crippen LogP contribution in [0.2, 0.25) is 5.02 Å². The van der Waals surface area contributed by atoms with Crippen LogP contribution in [0.15, 0.2) is 57.8 Å². The molecule has 0 spiro atoms. The maximum atomic E-state index is 14.8. The highest BCUT2D eigenvalue weighted by molar-refractivity contribution is 8.13. The van der Waals surface area contributed by atoms with Crippen LogP contribution in [0.1, 0.15) is 25.0 Å². The highest BCUT2D eigenvalue weighted by Crippen LogP contribution is 2.36. The van der Waals surface area contributed by atoms with Gasteiger partial charge in [-0.05, 0) is 32.2 Å². The first kappa shape index (κ1) is 21.4. The van der Waals surface area contributed by atoms with Gasteiger partial charge in [0.05, 0.1) is 18.0 Å². The Bertz CT molecular complexity index is 1030. The van der Waals surface area contributed by atoms with E-state index in [1.165, 1.54) is 17.8 Å². The molecular formula is C22H23ClFN3OS. The van der Waals surface area contributed by atoms with E-state index in [0.29, 0.717) is 28.6 Å². The maximum absolute atomic E-state index is 14.8. The Morgan fingerprint density at radius 2 is 1.90 bits per heavy atom. The molecule has 7 heteroatoms. The number of hydrogen-bond donors (Lipinski definition) is 0. The van der Waals surface area contributed by atoms with Crippen LogP contribution in [-0.4, -0.2) is 42.6 Å². The van der Waals surface area contributed by atoms with Gasteiger partial charge in [0.25, 0.3) is 0 Å². The zero-order valence-electron chi connectivity index (χ0n) is 17.1. The van der Waals surface area contributed by atoms with Gasteiger partial charge in [-0.25, -0.2) is 14.4 Å². The van der Waals surface area contributed by atoms with E-state index in [2.05, 4.69) is 0 Å². The van der Waals surface area contributed by atoms with Crippen LogP contribution in [0.4, 0.5) is 10.1 Å². The van der Waals surface area contributed by atoms with E-state index in [1.807, 2.05) is 57.3 Å². The first-order valence-corrected chi connectivity index (χ1v) is 10.8. The third kappa shape index (κ3) is 4.33. The second-order valence-corrected chi connectivity index (χ2v) is 7.82. The molecule has 0 saturated carbocycles. The molecule has 0 fully saturated rings. The van der Waals surface area contributed by atoms with Crippen molar-refractivity contribution in [3.63, 3.8) is 0 Å². The van der Waals surface area contributed by atoms with Gasteiger partial charge in [-0.2, -0.15) is 0 Å². The summed E-state index contributed by atoms with van der Waals surface area (Å²) in [6.45, 7) is 4.17. The van der Waals surface area contributed by atoms with Crippen LogP contribution in [0.25, 0.3) is 0 Å². The summed E-state index contributed by atoms with van der Waals surface area (Å²) in [5.74, 6) is -0.284. The molecule has 0 atom stereocenters. The van der Waals surface area contributed by atoms with Gasteiger partial charge in [-0.1, -0.05) is 29.8 Å². The summed E-state index contributed by atoms with van der Waals surface area (Å²) in [5.41, 5.74) is 4.15. The molecule has 1 aliphatic heterocycles. The molecular weight excluding hydrogens is 409 g/mol. The fourth-order valence-electron chi connectivity index (χ4n) is 2.92. The average molecular weight is 432 g/mol. The molecule has 0 aliphatic carbocycles. The normalized spacial score (nSPS) is 15.1. The molecule has 152 valence electrons. The number of rotatable bonds is 4. The lowest BCUT2D eigenvalue weighted by Crippen LogP contribution is -2.14. The molecule has 1 aliphatic rings. The fourth-order valence-corrected chi connectivity index (χ4v) is 3.72. The van der Waals surface area contributed by atoms with Crippen LogP contribution in [0, 0.1) is 5.82 Å². The van der Waals surface area contributed by atoms with Gasteiger partial charge in [0.2, 0.25) is 0 Å². The Morgan fingerprint density at radius 1 is 1.17 bits per heavy atom. The zero-order chi connectivity index (χ0) is 21.1. The number of fused-ring (bicyclic) bond motifs is 1. The van der Waals surface area contributed by atoms with E-state index in [0.717, 1.165) is 22.0 Å². The second-order valence-electron chi connectivity index (χ2n) is 6.62. The molecule has 1 heterocycles. The maximum Gasteiger partial charge on any atom is 0.165 e. The van der Waals surface area contributed by atoms with Crippen molar-refractivity contribution in [2.24, 2.45) is 9.98 Å². The summed E-state index contributed by atoms with van der Waals surface area (Å²) >= 11 is 7.98. The molecule has 2 aromatic rings. The molecule has 0 saturated heterocycles. The van der Waals surface area contributed by atoms with Crippen LogP contribution < -0.4 is 4.74 Å². The van der Waals surface area contributed by atoms with Gasteiger partial charge in [0.1, 0.15) is 10.7 Å². The Kier molecular flexibility index (Phi) is 6.65. The molecule has 0 aromatic heterocycles. The topological polar surface area (TPSA) is 37.2 Å². The van der Waals surface area contributed by atoms with Crippen molar-refractivity contribution in [1.82, 2.24) is 4.90 Å². The quantitative estimate of drug-likeness (QED) is 0.603. The summed E-state index contributed by atoms with van der Waals surface area (Å²) in [6, 6.07) is 10.5. The average Bonchev–Trinajstić information content (AvgIpc) is 2.85. The number of thioether (sulfide) groups is 1. The van der Waals surface area contributed by atoms with Crippen molar-refractivity contribution in [2.45, 2.75) is 13.8 Å². The lowest BCUT2D eigenvalue weighted by molar-refractivity contribution is 0.321. The van der Waals surface area contributed by atoms with E-state index in [9.17, 15) is 4.39 Å². The van der Waals surface area contributed by atoms with Crippen molar-refractivity contribution in [2.75, 3.05) is 27.0 Å². The molecule has 3 rings (SSSR count). The molecule has 0 bridgehead atoms. The zero-order valence-corrected chi connectivity index (χ0v) is 18.7. The van der Waals surface area contributed by atoms with Crippen molar-refractivity contribution in [1.29, 1.82) is 0 Å². The van der Waals surface area contributed by atoms with Gasteiger partial charge >= 0.3 is 0 Å². The number of hydrogen-bond acceptors (Lipinski definition) is 5. The third-order valence-corrected chi connectivity index (χ3v) is 5.59. The lowest BCUT2D eigenvalue weighted by Gasteiger charge is -2.17. The van der Waals surface area contributed by atoms with Crippen LogP contribution in [-0.2, 0) is 0 Å². The smallest absolute Gasteiger partial charge is 0.165 e. The summed E-state index contributed by atoms with van der Waals surface area (Å²) < 4.78 is 20.2. The molecule has 4 nitrogen and oxygen atoms in total. The predicted octanol–water partition coefficient (Wildman–Crippen LogP) is 5.91. The molecule has 29 heavy (non-hydrogen) atoms. The fraction of sp³-hybridized carbons (Fsp3) is 0.273. The minimum atomic E-state index is -0.456. The van der Waals surface area contributed by atoms with Crippen LogP contribution >= 0.6 is 23.4 Å². The number of ether oxygens (including phenoxy) is 1. The van der Waals surface area contributed by atoms with Gasteiger partial charge in [0, 0.05) is 42.0 Å². The van der Waals surface area contributed by atoms with E-state index in [-0.39, 0.29) is 5.75 Å². The Hall–Kier alpha value is -2.31. The second kappa shape index (κ2) is 9.01. The minimum Gasteiger partial charge on any atom is -0.491 e. The number of nitrogens with zero attached hydrogens (tertiary/aromatic N) is 3. The SMILES string of the molecule is CCOc1cc2c(cc1F)C(c1ccccc1Cl)=N/C(=C(/C)N(C)C)C(SC)=N2. The van der Waals surface area contributed by atoms with Crippen molar-refractivity contribution < 1.29 is 9.13 Å². The minimum absolute atomic E-state index is 0.172. The van der Waals surface area contributed by atoms with E-state index in [4.69, 9.17) is 26.3 Å². The first-order valence-electron chi connectivity index (χ1n) is 9.18. The molecule has 0 N–H and O–H groups in total. The van der Waals surface area contributed by atoms with Crippen molar-refractivity contribution >= 4 is 39.8 Å². The predicted molar refractivity (Wildman–Crippen MR) is 122 cm³/mol. The van der Waals surface area contributed by atoms with Gasteiger partial charge in [-0.15, -0.1) is 11.8 Å². The lowest BCUT2D eigenvalue weighted by atomic mass is 10.00. The molecule has 2 aromatic carbocycles. The van der Waals surface area contributed by atoms with Gasteiger partial charge in [-0.3, -0.25) is 0 Å². The highest BCUT2D eigenvalue weighted by Gasteiger charge is 2.24. The monoisotopic (exact) mass is 431 g/mol. The highest BCUT2D eigenvalue weighted by atomic mass is 35.5. The van der Waals surface area contributed by atoms with Gasteiger partial charge < -0.3 is 9.64 Å². The molecule has 0 radical (unpaired) electrons. The Labute approximate surface area is 180 Å². The number of benzene rings is 2. The van der Waals surface area contributed by atoms with Gasteiger partial charge in [0.15, 0.2) is 11.6 Å². The molecule has 0 amide bonds. The number of halogens is 2. The van der Waals surface area contributed by atoms with E-state index >= 15 is 0 Å². The van der Waals surface area contributed by atoms with Crippen molar-refractivity contribution in [3.05, 3.63) is 69.8 Å². The van der Waals surface area contributed by atoms with Crippen LogP contribution in [0.5, 0.6) is 5.75 Å². The largest absolute Gasteiger partial charge is 0.491 e. The Balaban J connectivity index is 2.39. The first-order chi connectivity index (χ1) is 13.9.